The monoisotopic (exact) mass is 289 g/mol. The average molecular weight is 289 g/mol. The van der Waals surface area contributed by atoms with Gasteiger partial charge in [-0.2, -0.15) is 0 Å². The molecule has 0 radical (unpaired) electrons. The van der Waals surface area contributed by atoms with Crippen LogP contribution < -0.4 is 16.2 Å². The van der Waals surface area contributed by atoms with Crippen LogP contribution in [0.2, 0.25) is 0 Å². The topological polar surface area (TPSA) is 67.1 Å². The Kier molecular flexibility index (Phi) is 3.56. The van der Waals surface area contributed by atoms with Gasteiger partial charge in [-0.15, -0.1) is 0 Å². The van der Waals surface area contributed by atoms with Crippen molar-refractivity contribution in [2.45, 2.75) is 64.8 Å². The van der Waals surface area contributed by atoms with E-state index >= 15 is 0 Å². The van der Waals surface area contributed by atoms with Gasteiger partial charge in [0, 0.05) is 23.6 Å². The van der Waals surface area contributed by atoms with Crippen molar-refractivity contribution in [1.29, 1.82) is 0 Å². The minimum Gasteiger partial charge on any atom is -0.353 e. The lowest BCUT2D eigenvalue weighted by molar-refractivity contribution is 0.542. The molecule has 1 aromatic heterocycles. The van der Waals surface area contributed by atoms with E-state index in [9.17, 15) is 0 Å². The van der Waals surface area contributed by atoms with Gasteiger partial charge in [-0.1, -0.05) is 20.8 Å². The first-order valence-corrected chi connectivity index (χ1v) is 8.02. The average Bonchev–Trinajstić information content (AvgIpc) is 3.27. The molecule has 5 nitrogen and oxygen atoms in total. The molecular weight excluding hydrogens is 262 g/mol. The summed E-state index contributed by atoms with van der Waals surface area (Å²) in [6.07, 6.45) is 5.29. The Bertz CT molecular complexity index is 526. The van der Waals surface area contributed by atoms with Crippen LogP contribution in [0.15, 0.2) is 0 Å². The normalized spacial score (nSPS) is 18.7. The van der Waals surface area contributed by atoms with Crippen LogP contribution in [0.1, 0.15) is 57.8 Å². The number of aromatic nitrogens is 2. The van der Waals surface area contributed by atoms with Gasteiger partial charge in [-0.25, -0.2) is 15.8 Å². The van der Waals surface area contributed by atoms with Gasteiger partial charge >= 0.3 is 0 Å². The molecule has 0 bridgehead atoms. The summed E-state index contributed by atoms with van der Waals surface area (Å²) in [7, 11) is 0. The number of hydrazine groups is 1. The molecule has 0 spiro atoms. The van der Waals surface area contributed by atoms with Gasteiger partial charge in [-0.05, 0) is 38.5 Å². The summed E-state index contributed by atoms with van der Waals surface area (Å²) in [4.78, 5) is 12.0. The third-order valence-electron chi connectivity index (χ3n) is 4.34. The van der Waals surface area contributed by atoms with Crippen LogP contribution >= 0.6 is 0 Å². The second-order valence-corrected chi connectivity index (χ2v) is 7.57. The highest BCUT2D eigenvalue weighted by molar-refractivity contribution is 5.59. The Hall–Kier alpha value is -1.36. The molecule has 2 aliphatic rings. The molecule has 0 unspecified atom stereocenters. The van der Waals surface area contributed by atoms with Crippen molar-refractivity contribution < 1.29 is 0 Å². The molecule has 0 amide bonds. The van der Waals surface area contributed by atoms with Crippen molar-refractivity contribution in [3.05, 3.63) is 11.4 Å². The van der Waals surface area contributed by atoms with E-state index in [2.05, 4.69) is 43.0 Å². The van der Waals surface area contributed by atoms with E-state index in [0.29, 0.717) is 6.04 Å². The predicted octanol–water partition coefficient (Wildman–Crippen LogP) is 2.75. The summed E-state index contributed by atoms with van der Waals surface area (Å²) in [6, 6.07) is 0.664. The third-order valence-corrected chi connectivity index (χ3v) is 4.34. The molecule has 116 valence electrons. The zero-order valence-electron chi connectivity index (χ0n) is 13.6. The van der Waals surface area contributed by atoms with E-state index in [1.54, 1.807) is 0 Å². The van der Waals surface area contributed by atoms with Crippen LogP contribution in [-0.4, -0.2) is 22.6 Å². The first-order valence-electron chi connectivity index (χ1n) is 8.02. The molecule has 0 atom stereocenters. The molecule has 0 saturated heterocycles. The number of nitrogen functional groups attached to an aromatic ring is 1. The van der Waals surface area contributed by atoms with E-state index < -0.39 is 0 Å². The zero-order valence-corrected chi connectivity index (χ0v) is 13.6. The molecule has 5 heteroatoms. The lowest BCUT2D eigenvalue weighted by Gasteiger charge is -2.28. The summed E-state index contributed by atoms with van der Waals surface area (Å²) < 4.78 is 0. The fourth-order valence-corrected chi connectivity index (χ4v) is 2.63. The van der Waals surface area contributed by atoms with Crippen molar-refractivity contribution in [3.63, 3.8) is 0 Å². The molecule has 1 heterocycles. The Balaban J connectivity index is 2.01. The minimum absolute atomic E-state index is 0.0805. The second-order valence-electron chi connectivity index (χ2n) is 7.57. The molecule has 3 rings (SSSR count). The van der Waals surface area contributed by atoms with Crippen molar-refractivity contribution in [3.8, 4) is 0 Å². The molecular formula is C16H27N5. The van der Waals surface area contributed by atoms with E-state index in [4.69, 9.17) is 10.8 Å². The SMILES string of the molecule is Cc1c(NN)nc(C(C)(C)C)nc1N(CC1CC1)C1CC1. The maximum atomic E-state index is 5.68. The van der Waals surface area contributed by atoms with Crippen LogP contribution in [0.4, 0.5) is 11.6 Å². The van der Waals surface area contributed by atoms with Gasteiger partial charge in [0.15, 0.2) is 0 Å². The first-order chi connectivity index (χ1) is 9.90. The Morgan fingerprint density at radius 1 is 1.19 bits per heavy atom. The standard InChI is InChI=1S/C16H27N5/c1-10-13(20-17)18-15(16(2,3)4)19-14(10)21(12-7-8-12)9-11-5-6-11/h11-12H,5-9,17H2,1-4H3,(H,18,19,20). The summed E-state index contributed by atoms with van der Waals surface area (Å²) in [5.74, 6) is 9.23. The Morgan fingerprint density at radius 3 is 2.33 bits per heavy atom. The predicted molar refractivity (Wildman–Crippen MR) is 86.4 cm³/mol. The van der Waals surface area contributed by atoms with Gasteiger partial charge in [0.05, 0.1) is 0 Å². The van der Waals surface area contributed by atoms with Crippen molar-refractivity contribution in [2.24, 2.45) is 11.8 Å². The highest BCUT2D eigenvalue weighted by Crippen LogP contribution is 2.39. The Labute approximate surface area is 127 Å². The number of nitrogens with two attached hydrogens (primary N) is 1. The molecule has 2 saturated carbocycles. The summed E-state index contributed by atoms with van der Waals surface area (Å²) in [5, 5.41) is 0. The van der Waals surface area contributed by atoms with Crippen LogP contribution in [0.3, 0.4) is 0 Å². The van der Waals surface area contributed by atoms with Gasteiger partial charge in [0.1, 0.15) is 17.5 Å². The molecule has 3 N–H and O–H groups in total. The molecule has 0 aliphatic heterocycles. The maximum absolute atomic E-state index is 5.68. The Morgan fingerprint density at radius 2 is 1.86 bits per heavy atom. The van der Waals surface area contributed by atoms with Crippen molar-refractivity contribution in [2.75, 3.05) is 16.9 Å². The smallest absolute Gasteiger partial charge is 0.148 e. The van der Waals surface area contributed by atoms with Crippen LogP contribution in [0.25, 0.3) is 0 Å². The second kappa shape index (κ2) is 5.13. The zero-order chi connectivity index (χ0) is 15.2. The largest absolute Gasteiger partial charge is 0.353 e. The number of nitrogens with zero attached hydrogens (tertiary/aromatic N) is 3. The molecule has 21 heavy (non-hydrogen) atoms. The van der Waals surface area contributed by atoms with Crippen molar-refractivity contribution in [1.82, 2.24) is 9.97 Å². The van der Waals surface area contributed by atoms with Crippen LogP contribution in [-0.2, 0) is 5.41 Å². The lowest BCUT2D eigenvalue weighted by Crippen LogP contribution is -2.32. The summed E-state index contributed by atoms with van der Waals surface area (Å²) in [5.41, 5.74) is 3.74. The first kappa shape index (κ1) is 14.6. The quantitative estimate of drug-likeness (QED) is 0.644. The van der Waals surface area contributed by atoms with Gasteiger partial charge in [0.25, 0.3) is 0 Å². The third kappa shape index (κ3) is 3.12. The maximum Gasteiger partial charge on any atom is 0.148 e. The van der Waals surface area contributed by atoms with Gasteiger partial charge < -0.3 is 10.3 Å². The highest BCUT2D eigenvalue weighted by atomic mass is 15.3. The van der Waals surface area contributed by atoms with E-state index in [-0.39, 0.29) is 5.41 Å². The van der Waals surface area contributed by atoms with Crippen molar-refractivity contribution >= 4 is 11.6 Å². The van der Waals surface area contributed by atoms with Gasteiger partial charge in [-0.3, -0.25) is 0 Å². The molecule has 2 fully saturated rings. The molecule has 1 aromatic rings. The van der Waals surface area contributed by atoms with E-state index in [1.165, 1.54) is 25.7 Å². The molecule has 0 aromatic carbocycles. The number of rotatable bonds is 5. The summed E-state index contributed by atoms with van der Waals surface area (Å²) in [6.45, 7) is 9.63. The number of nitrogens with one attached hydrogen (secondary N) is 1. The van der Waals surface area contributed by atoms with Crippen LogP contribution in [0, 0.1) is 12.8 Å². The minimum atomic E-state index is -0.0805. The van der Waals surface area contributed by atoms with E-state index in [0.717, 1.165) is 35.5 Å². The fourth-order valence-electron chi connectivity index (χ4n) is 2.63. The van der Waals surface area contributed by atoms with E-state index in [1.807, 2.05) is 0 Å². The highest BCUT2D eigenvalue weighted by Gasteiger charge is 2.36. The van der Waals surface area contributed by atoms with Gasteiger partial charge in [0.2, 0.25) is 0 Å². The number of hydrogen-bond donors (Lipinski definition) is 2. The van der Waals surface area contributed by atoms with Crippen LogP contribution in [0.5, 0.6) is 0 Å². The molecule has 2 aliphatic carbocycles. The fraction of sp³-hybridized carbons (Fsp3) is 0.750. The summed E-state index contributed by atoms with van der Waals surface area (Å²) >= 11 is 0. The number of anilines is 2. The number of hydrogen-bond acceptors (Lipinski definition) is 5. The lowest BCUT2D eigenvalue weighted by atomic mass is 9.95.